The zero-order valence-electron chi connectivity index (χ0n) is 12.5. The lowest BCUT2D eigenvalue weighted by molar-refractivity contribution is -0.131. The van der Waals surface area contributed by atoms with Crippen LogP contribution >= 0.6 is 0 Å². The molecule has 0 saturated carbocycles. The molecule has 18 heavy (non-hydrogen) atoms. The molecule has 1 spiro atoms. The summed E-state index contributed by atoms with van der Waals surface area (Å²) < 4.78 is 0. The van der Waals surface area contributed by atoms with E-state index in [4.69, 9.17) is 0 Å². The van der Waals surface area contributed by atoms with Crippen LogP contribution < -0.4 is 0 Å². The first kappa shape index (κ1) is 13.9. The number of likely N-dealkylation sites (tertiary alicyclic amines) is 2. The standard InChI is InChI=1S/C15H28N2O/c1-13(18)16-9-5-15(6-10-16)7-11-17(12-8-15)14(2,3)4/h5-12H2,1-4H3. The minimum absolute atomic E-state index is 0.247. The van der Waals surface area contributed by atoms with Crippen molar-refractivity contribution in [3.05, 3.63) is 0 Å². The van der Waals surface area contributed by atoms with E-state index in [2.05, 4.69) is 25.7 Å². The highest BCUT2D eigenvalue weighted by Gasteiger charge is 2.39. The van der Waals surface area contributed by atoms with Crippen LogP contribution in [0.2, 0.25) is 0 Å². The van der Waals surface area contributed by atoms with Crippen LogP contribution in [0, 0.1) is 5.41 Å². The van der Waals surface area contributed by atoms with Gasteiger partial charge in [-0.05, 0) is 65.0 Å². The van der Waals surface area contributed by atoms with Gasteiger partial charge in [0.25, 0.3) is 0 Å². The van der Waals surface area contributed by atoms with Crippen LogP contribution in [0.15, 0.2) is 0 Å². The third kappa shape index (κ3) is 2.87. The van der Waals surface area contributed by atoms with E-state index >= 15 is 0 Å². The molecule has 0 aromatic heterocycles. The number of carbonyl (C=O) groups is 1. The molecule has 3 nitrogen and oxygen atoms in total. The summed E-state index contributed by atoms with van der Waals surface area (Å²) in [6.07, 6.45) is 5.06. The second kappa shape index (κ2) is 4.84. The van der Waals surface area contributed by atoms with Gasteiger partial charge in [-0.2, -0.15) is 0 Å². The van der Waals surface area contributed by atoms with E-state index in [0.717, 1.165) is 13.1 Å². The predicted molar refractivity (Wildman–Crippen MR) is 74.5 cm³/mol. The Bertz CT molecular complexity index is 301. The molecule has 2 aliphatic heterocycles. The van der Waals surface area contributed by atoms with Gasteiger partial charge in [-0.3, -0.25) is 9.69 Å². The summed E-state index contributed by atoms with van der Waals surface area (Å²) in [6.45, 7) is 13.0. The molecule has 0 aromatic rings. The quantitative estimate of drug-likeness (QED) is 0.661. The van der Waals surface area contributed by atoms with Crippen molar-refractivity contribution in [3.8, 4) is 0 Å². The highest BCUT2D eigenvalue weighted by atomic mass is 16.2. The van der Waals surface area contributed by atoms with Crippen LogP contribution in [0.3, 0.4) is 0 Å². The topological polar surface area (TPSA) is 23.6 Å². The summed E-state index contributed by atoms with van der Waals surface area (Å²) in [4.78, 5) is 16.0. The molecule has 0 radical (unpaired) electrons. The Morgan fingerprint density at radius 2 is 1.39 bits per heavy atom. The number of nitrogens with zero attached hydrogens (tertiary/aromatic N) is 2. The van der Waals surface area contributed by atoms with E-state index in [1.54, 1.807) is 6.92 Å². The smallest absolute Gasteiger partial charge is 0.219 e. The molecule has 0 N–H and O–H groups in total. The van der Waals surface area contributed by atoms with Crippen molar-refractivity contribution in [2.45, 2.75) is 58.9 Å². The van der Waals surface area contributed by atoms with Crippen molar-refractivity contribution in [2.24, 2.45) is 5.41 Å². The van der Waals surface area contributed by atoms with Crippen LogP contribution in [0.4, 0.5) is 0 Å². The minimum atomic E-state index is 0.247. The molecule has 104 valence electrons. The average molecular weight is 252 g/mol. The van der Waals surface area contributed by atoms with Gasteiger partial charge in [-0.15, -0.1) is 0 Å². The monoisotopic (exact) mass is 252 g/mol. The highest BCUT2D eigenvalue weighted by Crippen LogP contribution is 2.42. The Kier molecular flexibility index (Phi) is 3.72. The van der Waals surface area contributed by atoms with Gasteiger partial charge >= 0.3 is 0 Å². The maximum atomic E-state index is 11.4. The first-order valence-electron chi connectivity index (χ1n) is 7.33. The van der Waals surface area contributed by atoms with E-state index < -0.39 is 0 Å². The second-order valence-corrected chi connectivity index (χ2v) is 7.16. The summed E-state index contributed by atoms with van der Waals surface area (Å²) >= 11 is 0. The number of hydrogen-bond donors (Lipinski definition) is 0. The number of hydrogen-bond acceptors (Lipinski definition) is 2. The maximum Gasteiger partial charge on any atom is 0.219 e. The van der Waals surface area contributed by atoms with Gasteiger partial charge in [-0.1, -0.05) is 0 Å². The molecular formula is C15H28N2O. The molecule has 0 aromatic carbocycles. The van der Waals surface area contributed by atoms with Gasteiger partial charge < -0.3 is 4.90 Å². The lowest BCUT2D eigenvalue weighted by atomic mass is 9.70. The normalized spacial score (nSPS) is 25.4. The summed E-state index contributed by atoms with van der Waals surface area (Å²) in [5.41, 5.74) is 0.843. The van der Waals surface area contributed by atoms with E-state index in [1.165, 1.54) is 38.8 Å². The molecule has 1 amide bonds. The third-order valence-corrected chi connectivity index (χ3v) is 5.04. The molecule has 2 aliphatic rings. The molecule has 0 unspecified atom stereocenters. The van der Waals surface area contributed by atoms with Crippen LogP contribution in [0.25, 0.3) is 0 Å². The first-order chi connectivity index (χ1) is 8.32. The van der Waals surface area contributed by atoms with E-state index in [0.29, 0.717) is 11.0 Å². The fraction of sp³-hybridized carbons (Fsp3) is 0.933. The Balaban J connectivity index is 1.88. The largest absolute Gasteiger partial charge is 0.343 e. The van der Waals surface area contributed by atoms with Crippen molar-refractivity contribution in [3.63, 3.8) is 0 Å². The molecule has 0 atom stereocenters. The minimum Gasteiger partial charge on any atom is -0.343 e. The fourth-order valence-electron chi connectivity index (χ4n) is 3.45. The second-order valence-electron chi connectivity index (χ2n) is 7.16. The zero-order chi connectivity index (χ0) is 13.4. The Hall–Kier alpha value is -0.570. The average Bonchev–Trinajstić information content (AvgIpc) is 2.29. The van der Waals surface area contributed by atoms with Gasteiger partial charge in [0.2, 0.25) is 5.91 Å². The van der Waals surface area contributed by atoms with Crippen LogP contribution in [-0.4, -0.2) is 47.4 Å². The van der Waals surface area contributed by atoms with Crippen molar-refractivity contribution < 1.29 is 4.79 Å². The van der Waals surface area contributed by atoms with Crippen molar-refractivity contribution in [1.29, 1.82) is 0 Å². The van der Waals surface area contributed by atoms with E-state index in [1.807, 2.05) is 4.90 Å². The number of carbonyl (C=O) groups excluding carboxylic acids is 1. The molecule has 2 saturated heterocycles. The fourth-order valence-corrected chi connectivity index (χ4v) is 3.45. The van der Waals surface area contributed by atoms with Gasteiger partial charge in [0.05, 0.1) is 0 Å². The Morgan fingerprint density at radius 1 is 0.944 bits per heavy atom. The van der Waals surface area contributed by atoms with Crippen molar-refractivity contribution in [2.75, 3.05) is 26.2 Å². The van der Waals surface area contributed by atoms with Gasteiger partial charge in [0.15, 0.2) is 0 Å². The molecule has 0 bridgehead atoms. The van der Waals surface area contributed by atoms with Gasteiger partial charge in [-0.25, -0.2) is 0 Å². The molecule has 3 heteroatoms. The summed E-state index contributed by atoms with van der Waals surface area (Å²) in [5, 5.41) is 0. The van der Waals surface area contributed by atoms with Crippen LogP contribution in [-0.2, 0) is 4.79 Å². The number of rotatable bonds is 0. The lowest BCUT2D eigenvalue weighted by Crippen LogP contribution is -2.52. The van der Waals surface area contributed by atoms with E-state index in [-0.39, 0.29) is 5.91 Å². The van der Waals surface area contributed by atoms with Crippen LogP contribution in [0.5, 0.6) is 0 Å². The van der Waals surface area contributed by atoms with Crippen molar-refractivity contribution >= 4 is 5.91 Å². The predicted octanol–water partition coefficient (Wildman–Crippen LogP) is 2.51. The molecule has 2 fully saturated rings. The number of amides is 1. The molecule has 0 aliphatic carbocycles. The summed E-state index contributed by atoms with van der Waals surface area (Å²) in [7, 11) is 0. The highest BCUT2D eigenvalue weighted by molar-refractivity contribution is 5.73. The zero-order valence-corrected chi connectivity index (χ0v) is 12.5. The van der Waals surface area contributed by atoms with Gasteiger partial charge in [0, 0.05) is 25.6 Å². The SMILES string of the molecule is CC(=O)N1CCC2(CC1)CCN(C(C)(C)C)CC2. The summed E-state index contributed by atoms with van der Waals surface area (Å²) in [5.74, 6) is 0.247. The molecule has 2 heterocycles. The van der Waals surface area contributed by atoms with Crippen LogP contribution in [0.1, 0.15) is 53.4 Å². The molecular weight excluding hydrogens is 224 g/mol. The number of piperidine rings is 2. The third-order valence-electron chi connectivity index (χ3n) is 5.04. The Morgan fingerprint density at radius 3 is 1.78 bits per heavy atom. The van der Waals surface area contributed by atoms with Crippen molar-refractivity contribution in [1.82, 2.24) is 9.80 Å². The van der Waals surface area contributed by atoms with Gasteiger partial charge in [0.1, 0.15) is 0 Å². The first-order valence-corrected chi connectivity index (χ1v) is 7.33. The van der Waals surface area contributed by atoms with E-state index in [9.17, 15) is 4.79 Å². The summed E-state index contributed by atoms with van der Waals surface area (Å²) in [6, 6.07) is 0. The maximum absolute atomic E-state index is 11.4. The lowest BCUT2D eigenvalue weighted by Gasteiger charge is -2.49. The molecule has 2 rings (SSSR count). The Labute approximate surface area is 112 Å².